The lowest BCUT2D eigenvalue weighted by Crippen LogP contribution is -2.34. The molecule has 8 heavy (non-hydrogen) atoms. The lowest BCUT2D eigenvalue weighted by Gasteiger charge is -2.17. The first-order valence-electron chi connectivity index (χ1n) is 2.44. The van der Waals surface area contributed by atoms with Crippen molar-refractivity contribution in [3.8, 4) is 0 Å². The maximum Gasteiger partial charge on any atom is 0.108 e. The molecule has 0 aliphatic heterocycles. The first kappa shape index (κ1) is 7.88. The molecule has 3 heteroatoms. The Bertz CT molecular complexity index is 60.7. The van der Waals surface area contributed by atoms with Crippen molar-refractivity contribution in [2.75, 3.05) is 20.3 Å². The largest absolute Gasteiger partial charge is 0.393 e. The summed E-state index contributed by atoms with van der Waals surface area (Å²) in [6.45, 7) is 1.42. The Hall–Kier alpha value is -0.120. The molecule has 3 nitrogen and oxygen atoms in total. The Morgan fingerprint density at radius 2 is 2.12 bits per heavy atom. The van der Waals surface area contributed by atoms with E-state index in [1.807, 2.05) is 0 Å². The van der Waals surface area contributed by atoms with Gasteiger partial charge in [-0.3, -0.25) is 0 Å². The molecule has 0 radical (unpaired) electrons. The zero-order valence-corrected chi connectivity index (χ0v) is 5.22. The van der Waals surface area contributed by atoms with Gasteiger partial charge in [0.1, 0.15) is 5.60 Å². The lowest BCUT2D eigenvalue weighted by molar-refractivity contribution is -0.0529. The minimum absolute atomic E-state index is 0.170. The Morgan fingerprint density at radius 1 is 1.62 bits per heavy atom. The molecular weight excluding hydrogens is 108 g/mol. The van der Waals surface area contributed by atoms with Gasteiger partial charge in [0.25, 0.3) is 0 Å². The standard InChI is InChI=1S/C5H12O3/c1-5(7,3-6)4-8-2/h6-7H,3-4H2,1-2H3/t5-/m0/s1. The van der Waals surface area contributed by atoms with Gasteiger partial charge in [0.05, 0.1) is 13.2 Å². The molecule has 0 saturated carbocycles. The Balaban J connectivity index is 3.37. The van der Waals surface area contributed by atoms with Gasteiger partial charge >= 0.3 is 0 Å². The lowest BCUT2D eigenvalue weighted by atomic mass is 10.1. The summed E-state index contributed by atoms with van der Waals surface area (Å²) in [6.07, 6.45) is 0. The van der Waals surface area contributed by atoms with Crippen LogP contribution in [0.25, 0.3) is 0 Å². The Kier molecular flexibility index (Phi) is 2.97. The van der Waals surface area contributed by atoms with E-state index < -0.39 is 5.60 Å². The first-order chi connectivity index (χ1) is 3.62. The van der Waals surface area contributed by atoms with E-state index in [-0.39, 0.29) is 13.2 Å². The molecule has 0 aromatic rings. The highest BCUT2D eigenvalue weighted by atomic mass is 16.5. The number of aliphatic hydroxyl groups excluding tert-OH is 1. The fraction of sp³-hybridized carbons (Fsp3) is 1.00. The molecule has 2 N–H and O–H groups in total. The SMILES string of the molecule is COC[C@@](C)(O)CO. The van der Waals surface area contributed by atoms with E-state index in [0.717, 1.165) is 0 Å². The van der Waals surface area contributed by atoms with Crippen LogP contribution in [0, 0.1) is 0 Å². The van der Waals surface area contributed by atoms with Crippen molar-refractivity contribution in [3.63, 3.8) is 0 Å². The van der Waals surface area contributed by atoms with Crippen LogP contribution in [-0.4, -0.2) is 36.1 Å². The summed E-state index contributed by atoms with van der Waals surface area (Å²) < 4.78 is 4.59. The average Bonchev–Trinajstić information content (AvgIpc) is 1.67. The summed E-state index contributed by atoms with van der Waals surface area (Å²) in [7, 11) is 1.48. The zero-order valence-electron chi connectivity index (χ0n) is 5.22. The average molecular weight is 120 g/mol. The second-order valence-electron chi connectivity index (χ2n) is 2.09. The third-order valence-electron chi connectivity index (χ3n) is 0.796. The summed E-state index contributed by atoms with van der Waals surface area (Å²) in [4.78, 5) is 0. The van der Waals surface area contributed by atoms with Crippen LogP contribution in [0.4, 0.5) is 0 Å². The fourth-order valence-corrected chi connectivity index (χ4v) is 0.357. The summed E-state index contributed by atoms with van der Waals surface area (Å²) in [5.41, 5.74) is -1.07. The van der Waals surface area contributed by atoms with Crippen molar-refractivity contribution in [3.05, 3.63) is 0 Å². The van der Waals surface area contributed by atoms with Crippen molar-refractivity contribution < 1.29 is 14.9 Å². The zero-order chi connectivity index (χ0) is 6.62. The van der Waals surface area contributed by atoms with E-state index >= 15 is 0 Å². The minimum atomic E-state index is -1.07. The smallest absolute Gasteiger partial charge is 0.108 e. The van der Waals surface area contributed by atoms with Crippen molar-refractivity contribution in [2.24, 2.45) is 0 Å². The van der Waals surface area contributed by atoms with E-state index in [0.29, 0.717) is 0 Å². The van der Waals surface area contributed by atoms with Gasteiger partial charge in [-0.15, -0.1) is 0 Å². The Morgan fingerprint density at radius 3 is 2.25 bits per heavy atom. The number of ether oxygens (including phenoxy) is 1. The van der Waals surface area contributed by atoms with Gasteiger partial charge < -0.3 is 14.9 Å². The topological polar surface area (TPSA) is 49.7 Å². The van der Waals surface area contributed by atoms with Gasteiger partial charge in [0.2, 0.25) is 0 Å². The monoisotopic (exact) mass is 120 g/mol. The van der Waals surface area contributed by atoms with E-state index in [4.69, 9.17) is 10.2 Å². The predicted octanol–water partition coefficient (Wildman–Crippen LogP) is -0.624. The number of aliphatic hydroxyl groups is 2. The van der Waals surface area contributed by atoms with E-state index in [1.54, 1.807) is 0 Å². The van der Waals surface area contributed by atoms with E-state index in [1.165, 1.54) is 14.0 Å². The molecule has 0 amide bonds. The molecule has 0 heterocycles. The Labute approximate surface area is 48.9 Å². The van der Waals surface area contributed by atoms with Crippen LogP contribution in [0.15, 0.2) is 0 Å². The van der Waals surface area contributed by atoms with E-state index in [9.17, 15) is 0 Å². The minimum Gasteiger partial charge on any atom is -0.393 e. The second kappa shape index (κ2) is 3.02. The third-order valence-corrected chi connectivity index (χ3v) is 0.796. The van der Waals surface area contributed by atoms with Gasteiger partial charge in [-0.1, -0.05) is 0 Å². The van der Waals surface area contributed by atoms with Gasteiger partial charge in [0.15, 0.2) is 0 Å². The van der Waals surface area contributed by atoms with Crippen molar-refractivity contribution >= 4 is 0 Å². The molecule has 0 saturated heterocycles. The maximum absolute atomic E-state index is 8.95. The molecule has 0 aromatic carbocycles. The van der Waals surface area contributed by atoms with Crippen molar-refractivity contribution in [1.82, 2.24) is 0 Å². The van der Waals surface area contributed by atoms with Gasteiger partial charge in [-0.2, -0.15) is 0 Å². The molecule has 0 aliphatic rings. The predicted molar refractivity (Wildman–Crippen MR) is 29.6 cm³/mol. The molecule has 0 bridgehead atoms. The van der Waals surface area contributed by atoms with Gasteiger partial charge in [-0.25, -0.2) is 0 Å². The van der Waals surface area contributed by atoms with E-state index in [2.05, 4.69) is 4.74 Å². The highest BCUT2D eigenvalue weighted by molar-refractivity contribution is 4.68. The quantitative estimate of drug-likeness (QED) is 0.521. The molecule has 0 rings (SSSR count). The molecule has 0 aliphatic carbocycles. The molecule has 0 fully saturated rings. The van der Waals surface area contributed by atoms with Crippen LogP contribution < -0.4 is 0 Å². The molecule has 0 unspecified atom stereocenters. The number of hydrogen-bond acceptors (Lipinski definition) is 3. The summed E-state index contributed by atoms with van der Waals surface area (Å²) >= 11 is 0. The molecule has 1 atom stereocenters. The summed E-state index contributed by atoms with van der Waals surface area (Å²) in [5.74, 6) is 0. The fourth-order valence-electron chi connectivity index (χ4n) is 0.357. The van der Waals surface area contributed by atoms with Crippen molar-refractivity contribution in [1.29, 1.82) is 0 Å². The van der Waals surface area contributed by atoms with Gasteiger partial charge in [0, 0.05) is 7.11 Å². The first-order valence-corrected chi connectivity index (χ1v) is 2.44. The molecule has 0 spiro atoms. The molecular formula is C5H12O3. The van der Waals surface area contributed by atoms with Crippen LogP contribution in [-0.2, 0) is 4.74 Å². The summed E-state index contributed by atoms with van der Waals surface area (Å²) in [6, 6.07) is 0. The maximum atomic E-state index is 8.95. The van der Waals surface area contributed by atoms with Crippen LogP contribution in [0.5, 0.6) is 0 Å². The van der Waals surface area contributed by atoms with Gasteiger partial charge in [-0.05, 0) is 6.92 Å². The third kappa shape index (κ3) is 2.96. The highest BCUT2D eigenvalue weighted by Gasteiger charge is 2.17. The van der Waals surface area contributed by atoms with Crippen molar-refractivity contribution in [2.45, 2.75) is 12.5 Å². The molecule has 0 aromatic heterocycles. The summed E-state index contributed by atoms with van der Waals surface area (Å²) in [5, 5.41) is 17.3. The second-order valence-corrected chi connectivity index (χ2v) is 2.09. The normalized spacial score (nSPS) is 18.0. The molecule has 50 valence electrons. The van der Waals surface area contributed by atoms with Crippen LogP contribution in [0.3, 0.4) is 0 Å². The highest BCUT2D eigenvalue weighted by Crippen LogP contribution is 1.99. The van der Waals surface area contributed by atoms with Crippen LogP contribution in [0.1, 0.15) is 6.92 Å². The number of methoxy groups -OCH3 is 1. The van der Waals surface area contributed by atoms with Crippen LogP contribution >= 0.6 is 0 Å². The van der Waals surface area contributed by atoms with Crippen LogP contribution in [0.2, 0.25) is 0 Å². The number of rotatable bonds is 3. The number of hydrogen-bond donors (Lipinski definition) is 2.